The van der Waals surface area contributed by atoms with E-state index in [9.17, 15) is 0 Å². The summed E-state index contributed by atoms with van der Waals surface area (Å²) in [6, 6.07) is 1.83. The van der Waals surface area contributed by atoms with Crippen LogP contribution in [0.3, 0.4) is 0 Å². The maximum Gasteiger partial charge on any atom is 0.223 e. The van der Waals surface area contributed by atoms with E-state index in [4.69, 9.17) is 14.2 Å². The monoisotopic (exact) mass is 343 g/mol. The molecule has 0 unspecified atom stereocenters. The molecule has 132 valence electrons. The summed E-state index contributed by atoms with van der Waals surface area (Å²) in [6.07, 6.45) is 8.19. The van der Waals surface area contributed by atoms with E-state index < -0.39 is 0 Å². The van der Waals surface area contributed by atoms with E-state index in [-0.39, 0.29) is 0 Å². The molecule has 0 aliphatic heterocycles. The first kappa shape index (κ1) is 16.8. The van der Waals surface area contributed by atoms with Gasteiger partial charge in [0.05, 0.1) is 27.7 Å². The molecule has 0 bridgehead atoms. The molecule has 0 aliphatic carbocycles. The normalized spacial score (nSPS) is 10.7. The van der Waals surface area contributed by atoms with E-state index in [2.05, 4.69) is 20.3 Å². The molecule has 1 aromatic carbocycles. The van der Waals surface area contributed by atoms with Gasteiger partial charge in [-0.2, -0.15) is 0 Å². The van der Waals surface area contributed by atoms with E-state index >= 15 is 0 Å². The lowest BCUT2D eigenvalue weighted by Gasteiger charge is -2.14. The first-order chi connectivity index (χ1) is 12.3. The Labute approximate surface area is 145 Å². The number of ether oxygens (including phenoxy) is 3. The number of aryl methyl sites for hydroxylation is 1. The summed E-state index contributed by atoms with van der Waals surface area (Å²) in [6.45, 7) is 1.63. The molecule has 0 saturated heterocycles. The van der Waals surface area contributed by atoms with Gasteiger partial charge in [-0.05, 0) is 12.5 Å². The first-order valence-corrected chi connectivity index (χ1v) is 7.92. The average molecular weight is 343 g/mol. The zero-order chi connectivity index (χ0) is 17.6. The van der Waals surface area contributed by atoms with Crippen molar-refractivity contribution in [3.63, 3.8) is 0 Å². The molecule has 3 aromatic rings. The average Bonchev–Trinajstić information content (AvgIpc) is 3.16. The van der Waals surface area contributed by atoms with Crippen molar-refractivity contribution in [3.05, 3.63) is 31.0 Å². The second-order valence-corrected chi connectivity index (χ2v) is 5.36. The molecule has 25 heavy (non-hydrogen) atoms. The first-order valence-electron chi connectivity index (χ1n) is 7.92. The van der Waals surface area contributed by atoms with Crippen LogP contribution < -0.4 is 19.5 Å². The number of rotatable bonds is 8. The van der Waals surface area contributed by atoms with Gasteiger partial charge in [0.2, 0.25) is 11.7 Å². The molecule has 0 fully saturated rings. The largest absolute Gasteiger partial charge is 0.493 e. The molecule has 0 amide bonds. The number of imidazole rings is 1. The third-order valence-corrected chi connectivity index (χ3v) is 3.81. The van der Waals surface area contributed by atoms with Crippen molar-refractivity contribution < 1.29 is 14.2 Å². The van der Waals surface area contributed by atoms with E-state index in [1.807, 2.05) is 16.8 Å². The van der Waals surface area contributed by atoms with Crippen molar-refractivity contribution in [2.45, 2.75) is 13.0 Å². The molecule has 0 aliphatic rings. The molecule has 1 N–H and O–H groups in total. The van der Waals surface area contributed by atoms with Gasteiger partial charge >= 0.3 is 0 Å². The minimum Gasteiger partial charge on any atom is -0.493 e. The predicted molar refractivity (Wildman–Crippen MR) is 94.5 cm³/mol. The van der Waals surface area contributed by atoms with Crippen molar-refractivity contribution in [2.24, 2.45) is 0 Å². The van der Waals surface area contributed by atoms with Crippen LogP contribution >= 0.6 is 0 Å². The van der Waals surface area contributed by atoms with Crippen LogP contribution in [0.4, 0.5) is 5.95 Å². The molecule has 8 nitrogen and oxygen atoms in total. The summed E-state index contributed by atoms with van der Waals surface area (Å²) >= 11 is 0. The number of fused-ring (bicyclic) bond motifs is 1. The summed E-state index contributed by atoms with van der Waals surface area (Å²) in [5.74, 6) is 2.17. The maximum absolute atomic E-state index is 5.49. The number of hydrogen-bond donors (Lipinski definition) is 1. The van der Waals surface area contributed by atoms with Crippen LogP contribution in [0.25, 0.3) is 10.9 Å². The third-order valence-electron chi connectivity index (χ3n) is 3.81. The number of benzene rings is 1. The van der Waals surface area contributed by atoms with Crippen LogP contribution in [0, 0.1) is 0 Å². The Morgan fingerprint density at radius 3 is 2.64 bits per heavy atom. The second kappa shape index (κ2) is 7.69. The third kappa shape index (κ3) is 3.57. The van der Waals surface area contributed by atoms with Crippen molar-refractivity contribution in [3.8, 4) is 17.2 Å². The van der Waals surface area contributed by atoms with Gasteiger partial charge < -0.3 is 24.1 Å². The Hall–Kier alpha value is -3.03. The fraction of sp³-hybridized carbons (Fsp3) is 0.353. The Morgan fingerprint density at radius 2 is 1.96 bits per heavy atom. The van der Waals surface area contributed by atoms with Crippen LogP contribution in [-0.2, 0) is 6.54 Å². The summed E-state index contributed by atoms with van der Waals surface area (Å²) < 4.78 is 18.3. The van der Waals surface area contributed by atoms with Crippen LogP contribution in [-0.4, -0.2) is 47.4 Å². The van der Waals surface area contributed by atoms with Crippen molar-refractivity contribution in [1.29, 1.82) is 0 Å². The van der Waals surface area contributed by atoms with Gasteiger partial charge in [0.1, 0.15) is 5.52 Å². The zero-order valence-corrected chi connectivity index (χ0v) is 14.5. The molecular weight excluding hydrogens is 322 g/mol. The van der Waals surface area contributed by atoms with Crippen LogP contribution in [0.2, 0.25) is 0 Å². The molecule has 0 radical (unpaired) electrons. The quantitative estimate of drug-likeness (QED) is 0.629. The standard InChI is InChI=1S/C17H21N5O3/c1-23-13-9-12-10-20-17(19-5-4-7-22-8-6-18-11-22)21-14(12)16(25-3)15(13)24-2/h6,8-11H,4-5,7H2,1-3H3,(H,19,20,21). The fourth-order valence-electron chi connectivity index (χ4n) is 2.61. The summed E-state index contributed by atoms with van der Waals surface area (Å²) in [5.41, 5.74) is 0.673. The van der Waals surface area contributed by atoms with Gasteiger partial charge in [0.15, 0.2) is 11.5 Å². The highest BCUT2D eigenvalue weighted by Crippen LogP contribution is 2.42. The topological polar surface area (TPSA) is 83.3 Å². The molecule has 2 aromatic heterocycles. The smallest absolute Gasteiger partial charge is 0.223 e. The van der Waals surface area contributed by atoms with Gasteiger partial charge in [0, 0.05) is 37.1 Å². The van der Waals surface area contributed by atoms with Gasteiger partial charge in [-0.15, -0.1) is 0 Å². The number of nitrogens with zero attached hydrogens (tertiary/aromatic N) is 4. The highest BCUT2D eigenvalue weighted by Gasteiger charge is 2.17. The lowest BCUT2D eigenvalue weighted by Crippen LogP contribution is -2.08. The molecule has 0 spiro atoms. The minimum absolute atomic E-state index is 0.516. The van der Waals surface area contributed by atoms with Gasteiger partial charge in [-0.1, -0.05) is 0 Å². The fourth-order valence-corrected chi connectivity index (χ4v) is 2.61. The zero-order valence-electron chi connectivity index (χ0n) is 14.5. The highest BCUT2D eigenvalue weighted by molar-refractivity contribution is 5.90. The van der Waals surface area contributed by atoms with Crippen LogP contribution in [0.15, 0.2) is 31.0 Å². The Balaban J connectivity index is 1.78. The minimum atomic E-state index is 0.516. The van der Waals surface area contributed by atoms with Crippen LogP contribution in [0.5, 0.6) is 17.2 Å². The Bertz CT molecular complexity index is 836. The summed E-state index contributed by atoms with van der Waals surface area (Å²) in [5, 5.41) is 4.05. The summed E-state index contributed by atoms with van der Waals surface area (Å²) in [4.78, 5) is 12.9. The second-order valence-electron chi connectivity index (χ2n) is 5.36. The molecule has 8 heteroatoms. The molecule has 2 heterocycles. The molecule has 0 saturated carbocycles. The Kier molecular flexibility index (Phi) is 5.17. The van der Waals surface area contributed by atoms with E-state index in [1.54, 1.807) is 40.1 Å². The number of aromatic nitrogens is 4. The van der Waals surface area contributed by atoms with Crippen LogP contribution in [0.1, 0.15) is 6.42 Å². The van der Waals surface area contributed by atoms with Crippen molar-refractivity contribution in [1.82, 2.24) is 19.5 Å². The number of nitrogens with one attached hydrogen (secondary N) is 1. The number of hydrogen-bond acceptors (Lipinski definition) is 7. The van der Waals surface area contributed by atoms with E-state index in [0.717, 1.165) is 24.9 Å². The Morgan fingerprint density at radius 1 is 1.12 bits per heavy atom. The molecule has 3 rings (SSSR count). The SMILES string of the molecule is COc1cc2cnc(NCCCn3ccnc3)nc2c(OC)c1OC. The number of anilines is 1. The summed E-state index contributed by atoms with van der Waals surface area (Å²) in [7, 11) is 4.74. The van der Waals surface area contributed by atoms with Crippen molar-refractivity contribution >= 4 is 16.9 Å². The van der Waals surface area contributed by atoms with E-state index in [0.29, 0.717) is 28.7 Å². The molecule has 0 atom stereocenters. The maximum atomic E-state index is 5.49. The van der Waals surface area contributed by atoms with Gasteiger partial charge in [-0.3, -0.25) is 0 Å². The number of methoxy groups -OCH3 is 3. The highest BCUT2D eigenvalue weighted by atomic mass is 16.5. The van der Waals surface area contributed by atoms with E-state index in [1.165, 1.54) is 0 Å². The lowest BCUT2D eigenvalue weighted by atomic mass is 10.2. The van der Waals surface area contributed by atoms with Crippen molar-refractivity contribution in [2.75, 3.05) is 33.2 Å². The molecular formula is C17H21N5O3. The van der Waals surface area contributed by atoms with Gasteiger partial charge in [0.25, 0.3) is 0 Å². The van der Waals surface area contributed by atoms with Gasteiger partial charge in [-0.25, -0.2) is 15.0 Å². The lowest BCUT2D eigenvalue weighted by molar-refractivity contribution is 0.327. The predicted octanol–water partition coefficient (Wildman–Crippen LogP) is 2.35.